The number of hydrogen-bond donors (Lipinski definition) is 0. The lowest BCUT2D eigenvalue weighted by Crippen LogP contribution is -2.16. The van der Waals surface area contributed by atoms with Crippen LogP contribution in [0.15, 0.2) is 0 Å². The number of hydrogen-bond acceptors (Lipinski definition) is 2. The molecule has 0 bridgehead atoms. The molecule has 1 aliphatic heterocycles. The molecule has 0 aromatic heterocycles. The SMILES string of the molecule is CCCCC[C@@H]1OC(OCCCC)C[C@H]1C. The van der Waals surface area contributed by atoms with Crippen molar-refractivity contribution in [3.63, 3.8) is 0 Å². The van der Waals surface area contributed by atoms with E-state index in [-0.39, 0.29) is 6.29 Å². The van der Waals surface area contributed by atoms with Crippen LogP contribution in [0.3, 0.4) is 0 Å². The van der Waals surface area contributed by atoms with Crippen molar-refractivity contribution in [3.8, 4) is 0 Å². The molecule has 96 valence electrons. The Bertz CT molecular complexity index is 170. The molecule has 1 fully saturated rings. The fourth-order valence-corrected chi connectivity index (χ4v) is 2.25. The summed E-state index contributed by atoms with van der Waals surface area (Å²) in [6, 6.07) is 0. The van der Waals surface area contributed by atoms with Crippen molar-refractivity contribution in [2.24, 2.45) is 5.92 Å². The maximum atomic E-state index is 5.94. The Kier molecular flexibility index (Phi) is 7.06. The lowest BCUT2D eigenvalue weighted by atomic mass is 9.99. The first-order chi connectivity index (χ1) is 7.77. The van der Waals surface area contributed by atoms with E-state index in [0.717, 1.165) is 19.4 Å². The van der Waals surface area contributed by atoms with Crippen LogP contribution in [-0.4, -0.2) is 19.0 Å². The molecule has 0 spiro atoms. The zero-order valence-electron chi connectivity index (χ0n) is 11.2. The molecular formula is C14H28O2. The average Bonchev–Trinajstić information content (AvgIpc) is 2.61. The Morgan fingerprint density at radius 1 is 1.12 bits per heavy atom. The van der Waals surface area contributed by atoms with E-state index in [2.05, 4.69) is 20.8 Å². The third-order valence-electron chi connectivity index (χ3n) is 3.42. The summed E-state index contributed by atoms with van der Waals surface area (Å²) in [6.45, 7) is 7.58. The first kappa shape index (κ1) is 14.0. The van der Waals surface area contributed by atoms with E-state index in [9.17, 15) is 0 Å². The summed E-state index contributed by atoms with van der Waals surface area (Å²) in [5.74, 6) is 0.670. The van der Waals surface area contributed by atoms with Gasteiger partial charge in [0.1, 0.15) is 0 Å². The average molecular weight is 228 g/mol. The van der Waals surface area contributed by atoms with E-state index in [1.54, 1.807) is 0 Å². The van der Waals surface area contributed by atoms with Crippen LogP contribution in [0.2, 0.25) is 0 Å². The van der Waals surface area contributed by atoms with Crippen LogP contribution in [0.25, 0.3) is 0 Å². The second-order valence-corrected chi connectivity index (χ2v) is 5.04. The maximum absolute atomic E-state index is 5.94. The molecule has 2 nitrogen and oxygen atoms in total. The van der Waals surface area contributed by atoms with Gasteiger partial charge in [-0.3, -0.25) is 0 Å². The second kappa shape index (κ2) is 8.08. The van der Waals surface area contributed by atoms with Gasteiger partial charge in [-0.25, -0.2) is 0 Å². The number of ether oxygens (including phenoxy) is 2. The fourth-order valence-electron chi connectivity index (χ4n) is 2.25. The predicted octanol–water partition coefficient (Wildman–Crippen LogP) is 4.13. The summed E-state index contributed by atoms with van der Waals surface area (Å²) >= 11 is 0. The normalized spacial score (nSPS) is 29.8. The molecule has 0 aromatic carbocycles. The molecule has 1 saturated heterocycles. The van der Waals surface area contributed by atoms with E-state index in [0.29, 0.717) is 12.0 Å². The number of unbranched alkanes of at least 4 members (excludes halogenated alkanes) is 3. The third kappa shape index (κ3) is 4.84. The third-order valence-corrected chi connectivity index (χ3v) is 3.42. The van der Waals surface area contributed by atoms with Crippen molar-refractivity contribution in [3.05, 3.63) is 0 Å². The highest BCUT2D eigenvalue weighted by Crippen LogP contribution is 2.30. The topological polar surface area (TPSA) is 18.5 Å². The van der Waals surface area contributed by atoms with Crippen LogP contribution in [0, 0.1) is 5.92 Å². The first-order valence-corrected chi connectivity index (χ1v) is 7.05. The predicted molar refractivity (Wildman–Crippen MR) is 67.4 cm³/mol. The molecule has 1 unspecified atom stereocenters. The quantitative estimate of drug-likeness (QED) is 0.581. The highest BCUT2D eigenvalue weighted by molar-refractivity contribution is 4.75. The lowest BCUT2D eigenvalue weighted by molar-refractivity contribution is -0.135. The summed E-state index contributed by atoms with van der Waals surface area (Å²) in [6.07, 6.45) is 9.07. The lowest BCUT2D eigenvalue weighted by Gasteiger charge is -2.15. The zero-order valence-corrected chi connectivity index (χ0v) is 11.2. The largest absolute Gasteiger partial charge is 0.353 e. The van der Waals surface area contributed by atoms with E-state index in [1.807, 2.05) is 0 Å². The minimum absolute atomic E-state index is 0.0770. The maximum Gasteiger partial charge on any atom is 0.158 e. The smallest absolute Gasteiger partial charge is 0.158 e. The van der Waals surface area contributed by atoms with Gasteiger partial charge in [0.05, 0.1) is 6.10 Å². The summed E-state index contributed by atoms with van der Waals surface area (Å²) in [7, 11) is 0. The minimum Gasteiger partial charge on any atom is -0.353 e. The second-order valence-electron chi connectivity index (χ2n) is 5.04. The molecule has 2 heteroatoms. The Labute approximate surface area is 101 Å². The summed E-state index contributed by atoms with van der Waals surface area (Å²) < 4.78 is 11.7. The molecule has 3 atom stereocenters. The Morgan fingerprint density at radius 3 is 2.56 bits per heavy atom. The molecule has 16 heavy (non-hydrogen) atoms. The summed E-state index contributed by atoms with van der Waals surface area (Å²) in [4.78, 5) is 0. The van der Waals surface area contributed by atoms with Gasteiger partial charge in [0, 0.05) is 13.0 Å². The van der Waals surface area contributed by atoms with Gasteiger partial charge in [0.15, 0.2) is 6.29 Å². The molecule has 1 heterocycles. The van der Waals surface area contributed by atoms with Gasteiger partial charge < -0.3 is 9.47 Å². The standard InChI is InChI=1S/C14H28O2/c1-4-6-8-9-13-12(3)11-14(16-13)15-10-7-5-2/h12-14H,4-11H2,1-3H3/t12-,13+,14?/m1/s1. The van der Waals surface area contributed by atoms with E-state index in [4.69, 9.17) is 9.47 Å². The molecule has 0 saturated carbocycles. The zero-order chi connectivity index (χ0) is 11.8. The summed E-state index contributed by atoms with van der Waals surface area (Å²) in [5.41, 5.74) is 0. The van der Waals surface area contributed by atoms with Crippen molar-refractivity contribution in [2.45, 2.75) is 78.1 Å². The van der Waals surface area contributed by atoms with E-state index < -0.39 is 0 Å². The summed E-state index contributed by atoms with van der Waals surface area (Å²) in [5, 5.41) is 0. The molecular weight excluding hydrogens is 200 g/mol. The van der Waals surface area contributed by atoms with Crippen LogP contribution < -0.4 is 0 Å². The van der Waals surface area contributed by atoms with Crippen LogP contribution in [0.1, 0.15) is 65.7 Å². The minimum atomic E-state index is 0.0770. The molecule has 0 radical (unpaired) electrons. The Morgan fingerprint density at radius 2 is 1.88 bits per heavy atom. The fraction of sp³-hybridized carbons (Fsp3) is 1.00. The highest BCUT2D eigenvalue weighted by Gasteiger charge is 2.31. The van der Waals surface area contributed by atoms with Crippen LogP contribution in [0.5, 0.6) is 0 Å². The van der Waals surface area contributed by atoms with Gasteiger partial charge in [0.2, 0.25) is 0 Å². The van der Waals surface area contributed by atoms with Gasteiger partial charge in [-0.05, 0) is 18.8 Å². The van der Waals surface area contributed by atoms with Crippen molar-refractivity contribution >= 4 is 0 Å². The van der Waals surface area contributed by atoms with Crippen molar-refractivity contribution < 1.29 is 9.47 Å². The van der Waals surface area contributed by atoms with Crippen LogP contribution in [-0.2, 0) is 9.47 Å². The molecule has 1 rings (SSSR count). The molecule has 0 aliphatic carbocycles. The highest BCUT2D eigenvalue weighted by atomic mass is 16.7. The Balaban J connectivity index is 2.14. The number of rotatable bonds is 8. The molecule has 1 aliphatic rings. The monoisotopic (exact) mass is 228 g/mol. The Hall–Kier alpha value is -0.0800. The van der Waals surface area contributed by atoms with Crippen molar-refractivity contribution in [2.75, 3.05) is 6.61 Å². The van der Waals surface area contributed by atoms with Crippen molar-refractivity contribution in [1.82, 2.24) is 0 Å². The van der Waals surface area contributed by atoms with Gasteiger partial charge in [0.25, 0.3) is 0 Å². The van der Waals surface area contributed by atoms with Gasteiger partial charge in [-0.1, -0.05) is 46.5 Å². The van der Waals surface area contributed by atoms with Crippen molar-refractivity contribution in [1.29, 1.82) is 0 Å². The molecule has 0 N–H and O–H groups in total. The van der Waals surface area contributed by atoms with Gasteiger partial charge in [-0.15, -0.1) is 0 Å². The molecule has 0 amide bonds. The molecule has 0 aromatic rings. The van der Waals surface area contributed by atoms with Crippen LogP contribution >= 0.6 is 0 Å². The van der Waals surface area contributed by atoms with Gasteiger partial charge in [-0.2, -0.15) is 0 Å². The van der Waals surface area contributed by atoms with Crippen LogP contribution in [0.4, 0.5) is 0 Å². The van der Waals surface area contributed by atoms with E-state index >= 15 is 0 Å². The van der Waals surface area contributed by atoms with E-state index in [1.165, 1.54) is 32.1 Å². The van der Waals surface area contributed by atoms with Gasteiger partial charge >= 0.3 is 0 Å². The first-order valence-electron chi connectivity index (χ1n) is 7.05.